The molecule has 0 atom stereocenters. The van der Waals surface area contributed by atoms with Gasteiger partial charge in [-0.2, -0.15) is 0 Å². The maximum atomic E-state index is 10.7. The Labute approximate surface area is 117 Å². The molecular formula is C12H11BrN2O2S. The van der Waals surface area contributed by atoms with Gasteiger partial charge in [0.25, 0.3) is 0 Å². The second-order valence-electron chi connectivity index (χ2n) is 3.73. The van der Waals surface area contributed by atoms with Crippen molar-refractivity contribution in [1.82, 2.24) is 4.98 Å². The lowest BCUT2D eigenvalue weighted by molar-refractivity contribution is -0.136. The van der Waals surface area contributed by atoms with Crippen molar-refractivity contribution in [1.29, 1.82) is 0 Å². The van der Waals surface area contributed by atoms with E-state index in [1.165, 1.54) is 11.3 Å². The average Bonchev–Trinajstić information content (AvgIpc) is 2.58. The summed E-state index contributed by atoms with van der Waals surface area (Å²) >= 11 is 4.76. The van der Waals surface area contributed by atoms with Crippen molar-refractivity contribution in [2.45, 2.75) is 13.3 Å². The highest BCUT2D eigenvalue weighted by Gasteiger charge is 2.11. The van der Waals surface area contributed by atoms with Gasteiger partial charge in [-0.3, -0.25) is 4.79 Å². The monoisotopic (exact) mass is 326 g/mol. The molecule has 94 valence electrons. The van der Waals surface area contributed by atoms with Crippen LogP contribution in [0.1, 0.15) is 10.6 Å². The SMILES string of the molecule is Cc1nc(Nc2cccc(Br)c2)sc1CC(=O)O. The molecule has 2 aromatic rings. The predicted octanol–water partition coefficient (Wildman–Crippen LogP) is 3.58. The number of aryl methyl sites for hydroxylation is 1. The number of thiazole rings is 1. The Morgan fingerprint density at radius 1 is 1.56 bits per heavy atom. The van der Waals surface area contributed by atoms with E-state index >= 15 is 0 Å². The fraction of sp³-hybridized carbons (Fsp3) is 0.167. The molecule has 0 fully saturated rings. The summed E-state index contributed by atoms with van der Waals surface area (Å²) in [7, 11) is 0. The van der Waals surface area contributed by atoms with Crippen LogP contribution in [0.25, 0.3) is 0 Å². The summed E-state index contributed by atoms with van der Waals surface area (Å²) in [6, 6.07) is 7.73. The minimum absolute atomic E-state index is 0.0175. The number of anilines is 2. The quantitative estimate of drug-likeness (QED) is 0.901. The van der Waals surface area contributed by atoms with Crippen LogP contribution in [0, 0.1) is 6.92 Å². The van der Waals surface area contributed by atoms with E-state index in [1.54, 1.807) is 0 Å². The molecule has 0 saturated heterocycles. The average molecular weight is 327 g/mol. The van der Waals surface area contributed by atoms with E-state index in [4.69, 9.17) is 5.11 Å². The highest BCUT2D eigenvalue weighted by Crippen LogP contribution is 2.27. The fourth-order valence-electron chi connectivity index (χ4n) is 1.47. The number of aliphatic carboxylic acids is 1. The lowest BCUT2D eigenvalue weighted by Crippen LogP contribution is -1.99. The van der Waals surface area contributed by atoms with Gasteiger partial charge in [0, 0.05) is 15.0 Å². The molecule has 0 aliphatic carbocycles. The Bertz CT molecular complexity index is 583. The van der Waals surface area contributed by atoms with Crippen molar-refractivity contribution in [2.75, 3.05) is 5.32 Å². The second-order valence-corrected chi connectivity index (χ2v) is 5.73. The van der Waals surface area contributed by atoms with Crippen LogP contribution < -0.4 is 5.32 Å². The van der Waals surface area contributed by atoms with Crippen molar-refractivity contribution in [2.24, 2.45) is 0 Å². The smallest absolute Gasteiger partial charge is 0.308 e. The molecule has 2 N–H and O–H groups in total. The molecule has 18 heavy (non-hydrogen) atoms. The zero-order valence-corrected chi connectivity index (χ0v) is 12.0. The lowest BCUT2D eigenvalue weighted by atomic mass is 10.3. The van der Waals surface area contributed by atoms with E-state index in [0.29, 0.717) is 5.13 Å². The molecule has 0 radical (unpaired) electrons. The molecule has 4 nitrogen and oxygen atoms in total. The Hall–Kier alpha value is -1.40. The molecule has 0 amide bonds. The Morgan fingerprint density at radius 2 is 2.33 bits per heavy atom. The number of carboxylic acids is 1. The van der Waals surface area contributed by atoms with E-state index in [9.17, 15) is 4.79 Å². The van der Waals surface area contributed by atoms with Gasteiger partial charge in [0.1, 0.15) is 0 Å². The van der Waals surface area contributed by atoms with Crippen LogP contribution in [0.2, 0.25) is 0 Å². The van der Waals surface area contributed by atoms with E-state index in [2.05, 4.69) is 26.2 Å². The highest BCUT2D eigenvalue weighted by molar-refractivity contribution is 9.10. The highest BCUT2D eigenvalue weighted by atomic mass is 79.9. The molecule has 0 aliphatic rings. The van der Waals surface area contributed by atoms with Crippen LogP contribution in [0.4, 0.5) is 10.8 Å². The molecule has 2 rings (SSSR count). The molecule has 0 bridgehead atoms. The van der Waals surface area contributed by atoms with Crippen LogP contribution in [-0.4, -0.2) is 16.1 Å². The van der Waals surface area contributed by atoms with E-state index in [0.717, 1.165) is 20.7 Å². The van der Waals surface area contributed by atoms with Gasteiger partial charge in [0.2, 0.25) is 0 Å². The first-order valence-corrected chi connectivity index (χ1v) is 6.86. The van der Waals surface area contributed by atoms with Gasteiger partial charge in [-0.05, 0) is 25.1 Å². The molecule has 0 aliphatic heterocycles. The van der Waals surface area contributed by atoms with Crippen molar-refractivity contribution in [3.8, 4) is 0 Å². The molecule has 1 aromatic carbocycles. The zero-order chi connectivity index (χ0) is 13.1. The van der Waals surface area contributed by atoms with Crippen LogP contribution in [-0.2, 0) is 11.2 Å². The second kappa shape index (κ2) is 5.49. The number of rotatable bonds is 4. The third-order valence-corrected chi connectivity index (χ3v) is 3.85. The van der Waals surface area contributed by atoms with Crippen LogP contribution in [0.3, 0.4) is 0 Å². The minimum Gasteiger partial charge on any atom is -0.481 e. The minimum atomic E-state index is -0.837. The Morgan fingerprint density at radius 3 is 3.00 bits per heavy atom. The van der Waals surface area contributed by atoms with Gasteiger partial charge in [0.15, 0.2) is 5.13 Å². The Kier molecular flexibility index (Phi) is 3.98. The topological polar surface area (TPSA) is 62.2 Å². The van der Waals surface area contributed by atoms with Gasteiger partial charge in [-0.25, -0.2) is 4.98 Å². The van der Waals surface area contributed by atoms with Gasteiger partial charge in [0.05, 0.1) is 12.1 Å². The van der Waals surface area contributed by atoms with Gasteiger partial charge < -0.3 is 10.4 Å². The lowest BCUT2D eigenvalue weighted by Gasteiger charge is -2.01. The van der Waals surface area contributed by atoms with Crippen LogP contribution >= 0.6 is 27.3 Å². The molecule has 0 saturated carbocycles. The Balaban J connectivity index is 2.17. The van der Waals surface area contributed by atoms with E-state index < -0.39 is 5.97 Å². The van der Waals surface area contributed by atoms with Gasteiger partial charge in [-0.15, -0.1) is 11.3 Å². The fourth-order valence-corrected chi connectivity index (χ4v) is 2.85. The third kappa shape index (κ3) is 3.30. The summed E-state index contributed by atoms with van der Waals surface area (Å²) in [4.78, 5) is 15.8. The molecular weight excluding hydrogens is 316 g/mol. The number of hydrogen-bond acceptors (Lipinski definition) is 4. The normalized spacial score (nSPS) is 10.3. The number of aromatic nitrogens is 1. The number of hydrogen-bond donors (Lipinski definition) is 2. The largest absolute Gasteiger partial charge is 0.481 e. The van der Waals surface area contributed by atoms with Crippen LogP contribution in [0.5, 0.6) is 0 Å². The molecule has 1 aromatic heterocycles. The van der Waals surface area contributed by atoms with Crippen molar-refractivity contribution in [3.63, 3.8) is 0 Å². The number of carbonyl (C=O) groups is 1. The molecule has 0 spiro atoms. The molecule has 6 heteroatoms. The van der Waals surface area contributed by atoms with Crippen molar-refractivity contribution < 1.29 is 9.90 Å². The van der Waals surface area contributed by atoms with Gasteiger partial charge in [-0.1, -0.05) is 22.0 Å². The number of benzene rings is 1. The van der Waals surface area contributed by atoms with Crippen molar-refractivity contribution in [3.05, 3.63) is 39.3 Å². The van der Waals surface area contributed by atoms with Crippen molar-refractivity contribution >= 4 is 44.1 Å². The van der Waals surface area contributed by atoms with Gasteiger partial charge >= 0.3 is 5.97 Å². The number of nitrogens with one attached hydrogen (secondary N) is 1. The first-order chi connectivity index (χ1) is 8.54. The predicted molar refractivity (Wildman–Crippen MR) is 75.6 cm³/mol. The van der Waals surface area contributed by atoms with E-state index in [-0.39, 0.29) is 6.42 Å². The summed E-state index contributed by atoms with van der Waals surface area (Å²) in [5, 5.41) is 12.7. The maximum absolute atomic E-state index is 10.7. The summed E-state index contributed by atoms with van der Waals surface area (Å²) in [6.45, 7) is 1.82. The number of carboxylic acid groups (broad SMARTS) is 1. The summed E-state index contributed by atoms with van der Waals surface area (Å²) in [5.41, 5.74) is 1.68. The summed E-state index contributed by atoms with van der Waals surface area (Å²) < 4.78 is 0.978. The maximum Gasteiger partial charge on any atom is 0.308 e. The van der Waals surface area contributed by atoms with E-state index in [1.807, 2.05) is 31.2 Å². The molecule has 1 heterocycles. The third-order valence-electron chi connectivity index (χ3n) is 2.28. The van der Waals surface area contributed by atoms with Crippen LogP contribution in [0.15, 0.2) is 28.7 Å². The number of nitrogens with zero attached hydrogens (tertiary/aromatic N) is 1. The number of halogens is 1. The first kappa shape index (κ1) is 13.0. The summed E-state index contributed by atoms with van der Waals surface area (Å²) in [5.74, 6) is -0.837. The standard InChI is InChI=1S/C12H11BrN2O2S/c1-7-10(6-11(16)17)18-12(14-7)15-9-4-2-3-8(13)5-9/h2-5H,6H2,1H3,(H,14,15)(H,16,17). The summed E-state index contributed by atoms with van der Waals surface area (Å²) in [6.07, 6.45) is 0.0175. The molecule has 0 unspecified atom stereocenters. The zero-order valence-electron chi connectivity index (χ0n) is 9.61. The first-order valence-electron chi connectivity index (χ1n) is 5.25.